The predicted molar refractivity (Wildman–Crippen MR) is 89.6 cm³/mol. The molecule has 0 saturated heterocycles. The van der Waals surface area contributed by atoms with Crippen molar-refractivity contribution in [1.82, 2.24) is 4.90 Å². The Morgan fingerprint density at radius 1 is 1.05 bits per heavy atom. The molecule has 1 fully saturated rings. The average Bonchev–Trinajstić information content (AvgIpc) is 3.31. The molecule has 0 aromatic heterocycles. The molecule has 1 saturated carbocycles. The highest BCUT2D eigenvalue weighted by molar-refractivity contribution is 5.51. The zero-order valence-corrected chi connectivity index (χ0v) is 13.0. The normalized spacial score (nSPS) is 14.4. The van der Waals surface area contributed by atoms with Crippen LogP contribution in [-0.2, 0) is 13.1 Å². The fourth-order valence-electron chi connectivity index (χ4n) is 2.74. The lowest BCUT2D eigenvalue weighted by atomic mass is 10.1. The summed E-state index contributed by atoms with van der Waals surface area (Å²) < 4.78 is 0. The van der Waals surface area contributed by atoms with Crippen molar-refractivity contribution in [3.8, 4) is 0 Å². The van der Waals surface area contributed by atoms with E-state index in [-0.39, 0.29) is 0 Å². The molecule has 0 bridgehead atoms. The number of nitrogens with one attached hydrogen (secondary N) is 1. The van der Waals surface area contributed by atoms with Crippen LogP contribution < -0.4 is 5.32 Å². The van der Waals surface area contributed by atoms with E-state index in [0.29, 0.717) is 0 Å². The number of para-hydroxylation sites is 1. The molecule has 0 radical (unpaired) electrons. The van der Waals surface area contributed by atoms with E-state index in [4.69, 9.17) is 0 Å². The second-order valence-electron chi connectivity index (χ2n) is 6.27. The zero-order valence-electron chi connectivity index (χ0n) is 13.0. The van der Waals surface area contributed by atoms with Gasteiger partial charge in [-0.1, -0.05) is 42.5 Å². The minimum Gasteiger partial charge on any atom is -0.381 e. The molecule has 0 spiro atoms. The van der Waals surface area contributed by atoms with Gasteiger partial charge in [0.2, 0.25) is 0 Å². The van der Waals surface area contributed by atoms with Crippen LogP contribution in [0.25, 0.3) is 0 Å². The molecule has 0 amide bonds. The van der Waals surface area contributed by atoms with E-state index in [1.165, 1.54) is 35.2 Å². The molecule has 2 heteroatoms. The lowest BCUT2D eigenvalue weighted by Gasteiger charge is -2.16. The van der Waals surface area contributed by atoms with Gasteiger partial charge in [-0.05, 0) is 55.6 Å². The van der Waals surface area contributed by atoms with Gasteiger partial charge in [0.1, 0.15) is 0 Å². The van der Waals surface area contributed by atoms with Crippen molar-refractivity contribution in [2.75, 3.05) is 19.4 Å². The molecule has 0 heterocycles. The van der Waals surface area contributed by atoms with E-state index in [1.807, 2.05) is 0 Å². The van der Waals surface area contributed by atoms with Gasteiger partial charge in [0.15, 0.2) is 0 Å². The number of hydrogen-bond acceptors (Lipinski definition) is 2. The molecular weight excluding hydrogens is 256 g/mol. The Morgan fingerprint density at radius 2 is 1.86 bits per heavy atom. The summed E-state index contributed by atoms with van der Waals surface area (Å²) in [6.07, 6.45) is 2.73. The third-order valence-electron chi connectivity index (χ3n) is 3.99. The molecule has 1 aliphatic carbocycles. The van der Waals surface area contributed by atoms with Gasteiger partial charge in [-0.15, -0.1) is 0 Å². The number of rotatable bonds is 6. The van der Waals surface area contributed by atoms with Crippen molar-refractivity contribution in [3.63, 3.8) is 0 Å². The largest absolute Gasteiger partial charge is 0.381 e. The van der Waals surface area contributed by atoms with E-state index in [9.17, 15) is 0 Å². The first-order valence-corrected chi connectivity index (χ1v) is 7.78. The maximum Gasteiger partial charge on any atom is 0.0400 e. The van der Waals surface area contributed by atoms with Crippen molar-refractivity contribution >= 4 is 5.69 Å². The summed E-state index contributed by atoms with van der Waals surface area (Å²) in [6, 6.07) is 17.6. The van der Waals surface area contributed by atoms with Crippen LogP contribution >= 0.6 is 0 Å². The number of nitrogens with zero attached hydrogens (tertiary/aromatic N) is 1. The average molecular weight is 280 g/mol. The van der Waals surface area contributed by atoms with E-state index in [1.54, 1.807) is 0 Å². The highest BCUT2D eigenvalue weighted by Gasteiger charge is 2.23. The first-order valence-electron chi connectivity index (χ1n) is 7.78. The Morgan fingerprint density at radius 3 is 2.62 bits per heavy atom. The minimum absolute atomic E-state index is 0.825. The standard InChI is InChI=1S/C19H24N2/c1-21(2)14-18-7-3-4-9-19(18)20-13-15-6-5-8-17(12-15)16-10-11-16/h3-9,12,16,20H,10-11,13-14H2,1-2H3. The second kappa shape index (κ2) is 6.31. The first-order chi connectivity index (χ1) is 10.2. The summed E-state index contributed by atoms with van der Waals surface area (Å²) in [4.78, 5) is 2.20. The van der Waals surface area contributed by atoms with Crippen LogP contribution in [0.2, 0.25) is 0 Å². The van der Waals surface area contributed by atoms with Gasteiger partial charge in [-0.25, -0.2) is 0 Å². The summed E-state index contributed by atoms with van der Waals surface area (Å²) in [5, 5.41) is 3.59. The summed E-state index contributed by atoms with van der Waals surface area (Å²) in [6.45, 7) is 1.86. The van der Waals surface area contributed by atoms with Crippen LogP contribution in [0.15, 0.2) is 48.5 Å². The van der Waals surface area contributed by atoms with Crippen LogP contribution in [0.1, 0.15) is 35.4 Å². The van der Waals surface area contributed by atoms with Gasteiger partial charge >= 0.3 is 0 Å². The molecule has 2 aromatic rings. The molecule has 2 nitrogen and oxygen atoms in total. The predicted octanol–water partition coefficient (Wildman–Crippen LogP) is 4.24. The van der Waals surface area contributed by atoms with Gasteiger partial charge in [0, 0.05) is 18.8 Å². The number of hydrogen-bond donors (Lipinski definition) is 1. The molecule has 21 heavy (non-hydrogen) atoms. The van der Waals surface area contributed by atoms with Crippen LogP contribution in [0.5, 0.6) is 0 Å². The second-order valence-corrected chi connectivity index (χ2v) is 6.27. The first kappa shape index (κ1) is 14.2. The van der Waals surface area contributed by atoms with Crippen LogP contribution in [-0.4, -0.2) is 19.0 Å². The summed E-state index contributed by atoms with van der Waals surface area (Å²) in [5.41, 5.74) is 5.47. The van der Waals surface area contributed by atoms with Crippen LogP contribution in [0.4, 0.5) is 5.69 Å². The third-order valence-corrected chi connectivity index (χ3v) is 3.99. The van der Waals surface area contributed by atoms with Gasteiger partial charge in [-0.2, -0.15) is 0 Å². The van der Waals surface area contributed by atoms with Crippen LogP contribution in [0.3, 0.4) is 0 Å². The molecule has 110 valence electrons. The van der Waals surface area contributed by atoms with Crippen molar-refractivity contribution < 1.29 is 0 Å². The zero-order chi connectivity index (χ0) is 14.7. The smallest absolute Gasteiger partial charge is 0.0400 e. The fraction of sp³-hybridized carbons (Fsp3) is 0.368. The molecule has 3 rings (SSSR count). The monoisotopic (exact) mass is 280 g/mol. The van der Waals surface area contributed by atoms with Crippen molar-refractivity contribution in [3.05, 3.63) is 65.2 Å². The molecule has 1 aliphatic rings. The van der Waals surface area contributed by atoms with Crippen molar-refractivity contribution in [1.29, 1.82) is 0 Å². The third kappa shape index (κ3) is 3.85. The van der Waals surface area contributed by atoms with Gasteiger partial charge < -0.3 is 10.2 Å². The quantitative estimate of drug-likeness (QED) is 0.851. The van der Waals surface area contributed by atoms with E-state index in [0.717, 1.165) is 19.0 Å². The Balaban J connectivity index is 1.68. The molecule has 0 unspecified atom stereocenters. The Hall–Kier alpha value is -1.80. The summed E-state index contributed by atoms with van der Waals surface area (Å²) in [7, 11) is 4.21. The maximum atomic E-state index is 3.59. The van der Waals surface area contributed by atoms with Crippen LogP contribution in [0, 0.1) is 0 Å². The fourth-order valence-corrected chi connectivity index (χ4v) is 2.74. The lowest BCUT2D eigenvalue weighted by Crippen LogP contribution is -2.12. The lowest BCUT2D eigenvalue weighted by molar-refractivity contribution is 0.403. The summed E-state index contributed by atoms with van der Waals surface area (Å²) >= 11 is 0. The van der Waals surface area contributed by atoms with E-state index in [2.05, 4.69) is 72.8 Å². The van der Waals surface area contributed by atoms with E-state index < -0.39 is 0 Å². The van der Waals surface area contributed by atoms with Gasteiger partial charge in [0.25, 0.3) is 0 Å². The maximum absolute atomic E-state index is 3.59. The minimum atomic E-state index is 0.825. The molecule has 2 aromatic carbocycles. The molecular formula is C19H24N2. The van der Waals surface area contributed by atoms with Gasteiger partial charge in [-0.3, -0.25) is 0 Å². The molecule has 0 aliphatic heterocycles. The Labute approximate surface area is 127 Å². The van der Waals surface area contributed by atoms with E-state index >= 15 is 0 Å². The highest BCUT2D eigenvalue weighted by Crippen LogP contribution is 2.40. The van der Waals surface area contributed by atoms with Crippen molar-refractivity contribution in [2.45, 2.75) is 31.8 Å². The molecule has 0 atom stereocenters. The number of anilines is 1. The molecule has 1 N–H and O–H groups in total. The van der Waals surface area contributed by atoms with Gasteiger partial charge in [0.05, 0.1) is 0 Å². The topological polar surface area (TPSA) is 15.3 Å². The summed E-state index contributed by atoms with van der Waals surface area (Å²) in [5.74, 6) is 0.825. The highest BCUT2D eigenvalue weighted by atomic mass is 15.1. The Kier molecular flexibility index (Phi) is 4.26. The number of benzene rings is 2. The SMILES string of the molecule is CN(C)Cc1ccccc1NCc1cccc(C2CC2)c1. The van der Waals surface area contributed by atoms with Crippen molar-refractivity contribution in [2.24, 2.45) is 0 Å². The Bertz CT molecular complexity index is 600.